The zero-order valence-corrected chi connectivity index (χ0v) is 14.4. The Bertz CT molecular complexity index is 897. The van der Waals surface area contributed by atoms with Crippen LogP contribution >= 0.6 is 11.3 Å². The number of rotatable bonds is 4. The standard InChI is InChI=1S/C17H20N4O2S/c1-19-5-2-3-14(19)15-11-23-9-8-20(15)6-7-21-12-18-13-4-10-24-16(13)17(21)22/h2-5,10,12,15H,6-9,11H2,1H3. The summed E-state index contributed by atoms with van der Waals surface area (Å²) < 4.78 is 10.3. The molecular weight excluding hydrogens is 324 g/mol. The summed E-state index contributed by atoms with van der Waals surface area (Å²) >= 11 is 1.46. The van der Waals surface area contributed by atoms with E-state index in [4.69, 9.17) is 4.74 Å². The topological polar surface area (TPSA) is 52.3 Å². The van der Waals surface area contributed by atoms with Gasteiger partial charge in [0.05, 0.1) is 31.1 Å². The summed E-state index contributed by atoms with van der Waals surface area (Å²) in [6, 6.07) is 6.31. The Balaban J connectivity index is 1.53. The first-order valence-corrected chi connectivity index (χ1v) is 8.97. The van der Waals surface area contributed by atoms with Crippen LogP contribution in [0.25, 0.3) is 10.2 Å². The van der Waals surface area contributed by atoms with Crippen LogP contribution in [0.15, 0.2) is 40.9 Å². The van der Waals surface area contributed by atoms with Crippen LogP contribution < -0.4 is 5.56 Å². The van der Waals surface area contributed by atoms with Crippen molar-refractivity contribution in [3.05, 3.63) is 52.2 Å². The lowest BCUT2D eigenvalue weighted by Gasteiger charge is -2.35. The number of ether oxygens (including phenoxy) is 1. The molecule has 6 nitrogen and oxygen atoms in total. The van der Waals surface area contributed by atoms with Crippen molar-refractivity contribution < 1.29 is 4.74 Å². The molecule has 4 heterocycles. The maximum atomic E-state index is 12.5. The predicted molar refractivity (Wildman–Crippen MR) is 94.4 cm³/mol. The number of hydrogen-bond acceptors (Lipinski definition) is 5. The van der Waals surface area contributed by atoms with Crippen molar-refractivity contribution in [3.63, 3.8) is 0 Å². The highest BCUT2D eigenvalue weighted by atomic mass is 32.1. The molecule has 0 bridgehead atoms. The third-order valence-electron chi connectivity index (χ3n) is 4.63. The highest BCUT2D eigenvalue weighted by molar-refractivity contribution is 7.17. The quantitative estimate of drug-likeness (QED) is 0.725. The third-order valence-corrected chi connectivity index (χ3v) is 5.52. The van der Waals surface area contributed by atoms with E-state index < -0.39 is 0 Å². The third kappa shape index (κ3) is 2.79. The summed E-state index contributed by atoms with van der Waals surface area (Å²) in [5, 5.41) is 1.91. The number of aryl methyl sites for hydroxylation is 1. The number of nitrogens with zero attached hydrogens (tertiary/aromatic N) is 4. The normalized spacial score (nSPS) is 19.1. The van der Waals surface area contributed by atoms with Gasteiger partial charge in [-0.05, 0) is 23.6 Å². The molecule has 0 N–H and O–H groups in total. The minimum atomic E-state index is 0.0543. The van der Waals surface area contributed by atoms with Gasteiger partial charge in [0.25, 0.3) is 5.56 Å². The highest BCUT2D eigenvalue weighted by Gasteiger charge is 2.26. The molecular formula is C17H20N4O2S. The van der Waals surface area contributed by atoms with Gasteiger partial charge in [-0.2, -0.15) is 0 Å². The molecule has 1 saturated heterocycles. The molecule has 0 spiro atoms. The molecule has 1 unspecified atom stereocenters. The minimum Gasteiger partial charge on any atom is -0.378 e. The zero-order valence-electron chi connectivity index (χ0n) is 13.6. The lowest BCUT2D eigenvalue weighted by atomic mass is 10.1. The Morgan fingerprint density at radius 1 is 1.38 bits per heavy atom. The van der Waals surface area contributed by atoms with Gasteiger partial charge in [-0.15, -0.1) is 11.3 Å². The molecule has 7 heteroatoms. The van der Waals surface area contributed by atoms with E-state index in [9.17, 15) is 4.79 Å². The van der Waals surface area contributed by atoms with Crippen molar-refractivity contribution in [2.24, 2.45) is 7.05 Å². The molecule has 3 aromatic heterocycles. The van der Waals surface area contributed by atoms with Crippen molar-refractivity contribution in [2.45, 2.75) is 12.6 Å². The number of fused-ring (bicyclic) bond motifs is 1. The van der Waals surface area contributed by atoms with Crippen molar-refractivity contribution in [1.29, 1.82) is 0 Å². The van der Waals surface area contributed by atoms with Crippen molar-refractivity contribution >= 4 is 21.6 Å². The first-order chi connectivity index (χ1) is 11.7. The van der Waals surface area contributed by atoms with E-state index in [1.54, 1.807) is 10.9 Å². The van der Waals surface area contributed by atoms with E-state index in [0.29, 0.717) is 13.2 Å². The minimum absolute atomic E-state index is 0.0543. The van der Waals surface area contributed by atoms with E-state index >= 15 is 0 Å². The Hall–Kier alpha value is -1.96. The Morgan fingerprint density at radius 3 is 3.12 bits per heavy atom. The molecule has 4 rings (SSSR count). The highest BCUT2D eigenvalue weighted by Crippen LogP contribution is 2.24. The largest absolute Gasteiger partial charge is 0.378 e. The summed E-state index contributed by atoms with van der Waals surface area (Å²) in [5.74, 6) is 0. The number of morpholine rings is 1. The molecule has 3 aromatic rings. The second-order valence-electron chi connectivity index (χ2n) is 6.05. The van der Waals surface area contributed by atoms with Gasteiger partial charge < -0.3 is 9.30 Å². The molecule has 126 valence electrons. The fourth-order valence-corrected chi connectivity index (χ4v) is 4.07. The lowest BCUT2D eigenvalue weighted by Crippen LogP contribution is -2.42. The Morgan fingerprint density at radius 2 is 2.29 bits per heavy atom. The van der Waals surface area contributed by atoms with Crippen molar-refractivity contribution in [2.75, 3.05) is 26.3 Å². The summed E-state index contributed by atoms with van der Waals surface area (Å²) in [4.78, 5) is 19.3. The van der Waals surface area contributed by atoms with Gasteiger partial charge in [0.2, 0.25) is 0 Å². The smallest absolute Gasteiger partial charge is 0.271 e. The van der Waals surface area contributed by atoms with Crippen LogP contribution in [0.2, 0.25) is 0 Å². The lowest BCUT2D eigenvalue weighted by molar-refractivity contribution is -0.0124. The van der Waals surface area contributed by atoms with E-state index in [0.717, 1.165) is 29.9 Å². The first kappa shape index (κ1) is 15.6. The van der Waals surface area contributed by atoms with Gasteiger partial charge in [0.1, 0.15) is 4.70 Å². The Kier molecular flexibility index (Phi) is 4.22. The predicted octanol–water partition coefficient (Wildman–Crippen LogP) is 1.87. The first-order valence-electron chi connectivity index (χ1n) is 8.10. The zero-order chi connectivity index (χ0) is 16.5. The molecule has 0 aliphatic carbocycles. The van der Waals surface area contributed by atoms with Crippen molar-refractivity contribution in [1.82, 2.24) is 19.0 Å². The van der Waals surface area contributed by atoms with E-state index in [1.165, 1.54) is 17.0 Å². The SMILES string of the molecule is Cn1cccc1C1COCCN1CCn1cnc2ccsc2c1=O. The number of hydrogen-bond donors (Lipinski definition) is 0. The van der Waals surface area contributed by atoms with Crippen LogP contribution in [0.1, 0.15) is 11.7 Å². The van der Waals surface area contributed by atoms with Crippen LogP contribution in [0.5, 0.6) is 0 Å². The molecule has 0 aromatic carbocycles. The van der Waals surface area contributed by atoms with Crippen LogP contribution in [-0.2, 0) is 18.3 Å². The summed E-state index contributed by atoms with van der Waals surface area (Å²) in [5.41, 5.74) is 2.09. The van der Waals surface area contributed by atoms with Gasteiger partial charge in [0, 0.05) is 38.6 Å². The molecule has 0 amide bonds. The van der Waals surface area contributed by atoms with Gasteiger partial charge in [-0.25, -0.2) is 4.98 Å². The van der Waals surface area contributed by atoms with Crippen LogP contribution in [0.4, 0.5) is 0 Å². The average Bonchev–Trinajstić information content (AvgIpc) is 3.24. The molecule has 0 radical (unpaired) electrons. The van der Waals surface area contributed by atoms with Crippen LogP contribution in [0, 0.1) is 0 Å². The average molecular weight is 344 g/mol. The molecule has 0 saturated carbocycles. The number of aromatic nitrogens is 3. The van der Waals surface area contributed by atoms with Gasteiger partial charge >= 0.3 is 0 Å². The van der Waals surface area contributed by atoms with Crippen LogP contribution in [-0.4, -0.2) is 45.3 Å². The molecule has 1 aliphatic heterocycles. The van der Waals surface area contributed by atoms with E-state index in [-0.39, 0.29) is 11.6 Å². The van der Waals surface area contributed by atoms with Crippen LogP contribution in [0.3, 0.4) is 0 Å². The molecule has 1 aliphatic rings. The molecule has 24 heavy (non-hydrogen) atoms. The molecule has 1 fully saturated rings. The summed E-state index contributed by atoms with van der Waals surface area (Å²) in [6.45, 7) is 3.74. The number of thiophene rings is 1. The summed E-state index contributed by atoms with van der Waals surface area (Å²) in [6.07, 6.45) is 3.72. The summed E-state index contributed by atoms with van der Waals surface area (Å²) in [7, 11) is 2.06. The van der Waals surface area contributed by atoms with Gasteiger partial charge in [-0.3, -0.25) is 14.3 Å². The van der Waals surface area contributed by atoms with Gasteiger partial charge in [-0.1, -0.05) is 0 Å². The second-order valence-corrected chi connectivity index (χ2v) is 6.96. The van der Waals surface area contributed by atoms with E-state index in [1.807, 2.05) is 11.4 Å². The monoisotopic (exact) mass is 344 g/mol. The van der Waals surface area contributed by atoms with Crippen molar-refractivity contribution in [3.8, 4) is 0 Å². The maximum Gasteiger partial charge on any atom is 0.271 e. The maximum absolute atomic E-state index is 12.5. The molecule has 1 atom stereocenters. The Labute approximate surface area is 143 Å². The van der Waals surface area contributed by atoms with Gasteiger partial charge in [0.15, 0.2) is 0 Å². The second kappa shape index (κ2) is 6.51. The fourth-order valence-electron chi connectivity index (χ4n) is 3.27. The van der Waals surface area contributed by atoms with E-state index in [2.05, 4.69) is 39.8 Å². The fraction of sp³-hybridized carbons (Fsp3) is 0.412.